The minimum Gasteiger partial charge on any atom is -0.450 e. The zero-order valence-corrected chi connectivity index (χ0v) is 30.7. The number of aliphatic hydroxyl groups is 3. The minimum absolute atomic E-state index is 0.0676. The van der Waals surface area contributed by atoms with Crippen LogP contribution in [0.15, 0.2) is 23.8 Å². The average molecular weight is 693 g/mol. The molecule has 0 heterocycles. The maximum Gasteiger partial charge on any atom is 0.505 e. The quantitative estimate of drug-likeness (QED) is 0.0829. The monoisotopic (exact) mass is 692 g/mol. The molecule has 0 bridgehead atoms. The summed E-state index contributed by atoms with van der Waals surface area (Å²) >= 11 is 0. The lowest BCUT2D eigenvalue weighted by atomic mass is 9.44. The average Bonchev–Trinajstić information content (AvgIpc) is 3.26. The summed E-state index contributed by atoms with van der Waals surface area (Å²) in [7, 11) is 0. The van der Waals surface area contributed by atoms with Gasteiger partial charge >= 0.3 is 6.16 Å². The van der Waals surface area contributed by atoms with Crippen LogP contribution in [-0.4, -0.2) is 68.7 Å². The number of carboxylic acid groups (broad SMARTS) is 1. The third kappa shape index (κ3) is 8.86. The largest absolute Gasteiger partial charge is 0.505 e. The lowest BCUT2D eigenvalue weighted by molar-refractivity contribution is -0.219. The number of rotatable bonds is 18. The fourth-order valence-electron chi connectivity index (χ4n) is 9.89. The SMILES string of the molecule is CCCCCCCCCCCCCCCCCOC(=O)O.C[C@@H]1C[C@H]2[C@@H]3CCC4=CC(=O)C=C[C@]4(C)[C@@]3(F)[C@@H](O)C[C@]2(C)[C@@]1(O)C(=O)CO. The second-order valence-corrected chi connectivity index (χ2v) is 15.8. The van der Waals surface area contributed by atoms with Crippen LogP contribution in [-0.2, 0) is 14.3 Å². The fourth-order valence-corrected chi connectivity index (χ4v) is 9.89. The molecule has 8 nitrogen and oxygen atoms in total. The zero-order valence-electron chi connectivity index (χ0n) is 30.7. The van der Waals surface area contributed by atoms with Gasteiger partial charge in [-0.05, 0) is 63.0 Å². The van der Waals surface area contributed by atoms with Crippen LogP contribution in [0.1, 0.15) is 150 Å². The van der Waals surface area contributed by atoms with Gasteiger partial charge in [0.1, 0.15) is 12.2 Å². The third-order valence-electron chi connectivity index (χ3n) is 12.8. The van der Waals surface area contributed by atoms with E-state index in [-0.39, 0.29) is 18.1 Å². The van der Waals surface area contributed by atoms with Gasteiger partial charge in [0.2, 0.25) is 0 Å². The molecule has 280 valence electrons. The van der Waals surface area contributed by atoms with Crippen LogP contribution in [0, 0.1) is 28.6 Å². The molecule has 3 fully saturated rings. The lowest BCUT2D eigenvalue weighted by Crippen LogP contribution is -2.69. The van der Waals surface area contributed by atoms with Crippen molar-refractivity contribution in [2.75, 3.05) is 13.2 Å². The summed E-state index contributed by atoms with van der Waals surface area (Å²) in [5.74, 6) is -2.12. The predicted octanol–water partition coefficient (Wildman–Crippen LogP) is 8.45. The van der Waals surface area contributed by atoms with E-state index in [1.54, 1.807) is 26.8 Å². The van der Waals surface area contributed by atoms with Crippen molar-refractivity contribution in [2.24, 2.45) is 28.6 Å². The van der Waals surface area contributed by atoms with E-state index in [1.807, 2.05) is 0 Å². The first-order chi connectivity index (χ1) is 23.2. The van der Waals surface area contributed by atoms with Crippen molar-refractivity contribution in [1.29, 1.82) is 0 Å². The van der Waals surface area contributed by atoms with E-state index in [0.717, 1.165) is 12.8 Å². The maximum absolute atomic E-state index is 16.9. The number of Topliss-reactive ketones (excluding diaryl/α,β-unsaturated/α-hetero) is 1. The third-order valence-corrected chi connectivity index (χ3v) is 12.8. The molecule has 0 aromatic heterocycles. The van der Waals surface area contributed by atoms with Crippen LogP contribution >= 0.6 is 0 Å². The highest BCUT2D eigenvalue weighted by atomic mass is 19.1. The van der Waals surface area contributed by atoms with Gasteiger partial charge in [-0.15, -0.1) is 0 Å². The Morgan fingerprint density at radius 2 is 1.45 bits per heavy atom. The molecule has 0 spiro atoms. The van der Waals surface area contributed by atoms with E-state index >= 15 is 4.39 Å². The van der Waals surface area contributed by atoms with Crippen molar-refractivity contribution in [2.45, 2.75) is 167 Å². The molecule has 0 aromatic rings. The highest BCUT2D eigenvalue weighted by Crippen LogP contribution is 2.70. The summed E-state index contributed by atoms with van der Waals surface area (Å²) in [5.41, 5.74) is -5.17. The van der Waals surface area contributed by atoms with Crippen LogP contribution in [0.3, 0.4) is 0 Å². The number of fused-ring (bicyclic) bond motifs is 5. The number of carbonyl (C=O) groups is 3. The summed E-state index contributed by atoms with van der Waals surface area (Å²) in [6.45, 7) is 7.10. The topological polar surface area (TPSA) is 141 Å². The number of allylic oxidation sites excluding steroid dienone is 4. The van der Waals surface area contributed by atoms with Crippen molar-refractivity contribution in [3.63, 3.8) is 0 Å². The number of alkyl halides is 1. The van der Waals surface area contributed by atoms with Crippen molar-refractivity contribution in [3.8, 4) is 0 Å². The van der Waals surface area contributed by atoms with Crippen LogP contribution in [0.25, 0.3) is 0 Å². The molecule has 4 rings (SSSR count). The Balaban J connectivity index is 0.000000279. The molecular weight excluding hydrogens is 627 g/mol. The summed E-state index contributed by atoms with van der Waals surface area (Å²) in [5, 5.41) is 40.3. The fraction of sp³-hybridized carbons (Fsp3) is 0.825. The molecule has 0 saturated heterocycles. The molecular formula is C40H65FO8. The summed E-state index contributed by atoms with van der Waals surface area (Å²) in [4.78, 5) is 34.5. The summed E-state index contributed by atoms with van der Waals surface area (Å²) in [6.07, 6.45) is 23.1. The molecule has 0 aromatic carbocycles. The predicted molar refractivity (Wildman–Crippen MR) is 189 cm³/mol. The number of unbranched alkanes of at least 4 members (excludes halogenated alkanes) is 14. The van der Waals surface area contributed by atoms with Crippen molar-refractivity contribution in [3.05, 3.63) is 23.8 Å². The Morgan fingerprint density at radius 3 is 1.96 bits per heavy atom. The smallest absolute Gasteiger partial charge is 0.450 e. The number of hydrogen-bond donors (Lipinski definition) is 4. The molecule has 0 amide bonds. The Labute approximate surface area is 294 Å². The molecule has 0 aliphatic heterocycles. The Hall–Kier alpha value is -2.10. The number of ketones is 2. The number of halogens is 1. The van der Waals surface area contributed by atoms with E-state index in [1.165, 1.54) is 95.6 Å². The molecule has 9 heteroatoms. The highest BCUT2D eigenvalue weighted by Gasteiger charge is 2.75. The number of hydrogen-bond acceptors (Lipinski definition) is 7. The summed E-state index contributed by atoms with van der Waals surface area (Å²) in [6, 6.07) is 0. The van der Waals surface area contributed by atoms with E-state index in [9.17, 15) is 29.7 Å². The van der Waals surface area contributed by atoms with E-state index in [0.29, 0.717) is 31.4 Å². The standard InChI is InChI=1S/C22H29FO5.C18H36O3/c1-12-8-16-15-5-4-13-9-14(25)6-7-19(13,2)21(15,23)17(26)10-20(16,3)22(12,28)18(27)11-24;1-2-3-4-5-6-7-8-9-10-11-12-13-14-15-16-17-21-18(19)20/h6-7,9,12,15-17,24,26,28H,4-5,8,10-11H2,1-3H3;2-17H2,1H3,(H,19,20)/t12-,15+,16+,17+,19+,20+,21+,22+;/m1./s1. The van der Waals surface area contributed by atoms with Gasteiger partial charge in [0.05, 0.1) is 12.7 Å². The second kappa shape index (κ2) is 18.4. The maximum atomic E-state index is 16.9. The van der Waals surface area contributed by atoms with Crippen LogP contribution in [0.2, 0.25) is 0 Å². The Bertz CT molecular complexity index is 1170. The van der Waals surface area contributed by atoms with Gasteiger partial charge < -0.3 is 25.2 Å². The Morgan fingerprint density at radius 1 is 0.918 bits per heavy atom. The first kappa shape index (κ1) is 41.3. The van der Waals surface area contributed by atoms with Crippen molar-refractivity contribution >= 4 is 17.7 Å². The van der Waals surface area contributed by atoms with Gasteiger partial charge in [-0.3, -0.25) is 9.59 Å². The lowest BCUT2D eigenvalue weighted by Gasteiger charge is -2.62. The number of aliphatic hydroxyl groups excluding tert-OH is 2. The van der Waals surface area contributed by atoms with Gasteiger partial charge in [-0.25, -0.2) is 9.18 Å². The van der Waals surface area contributed by atoms with Crippen molar-refractivity contribution in [1.82, 2.24) is 0 Å². The van der Waals surface area contributed by atoms with Crippen LogP contribution in [0.4, 0.5) is 9.18 Å². The molecule has 4 aliphatic carbocycles. The van der Waals surface area contributed by atoms with E-state index < -0.39 is 58.6 Å². The van der Waals surface area contributed by atoms with Crippen LogP contribution < -0.4 is 0 Å². The first-order valence-electron chi connectivity index (χ1n) is 19.3. The molecule has 8 atom stereocenters. The van der Waals surface area contributed by atoms with Crippen LogP contribution in [0.5, 0.6) is 0 Å². The van der Waals surface area contributed by atoms with Crippen molar-refractivity contribution < 1.29 is 43.9 Å². The van der Waals surface area contributed by atoms with Gasteiger partial charge in [0.15, 0.2) is 17.2 Å². The minimum atomic E-state index is -1.98. The first-order valence-corrected chi connectivity index (χ1v) is 19.3. The zero-order chi connectivity index (χ0) is 36.3. The normalized spacial score (nSPS) is 34.6. The molecule has 49 heavy (non-hydrogen) atoms. The molecule has 4 aliphatic rings. The van der Waals surface area contributed by atoms with Gasteiger partial charge in [-0.2, -0.15) is 0 Å². The summed E-state index contributed by atoms with van der Waals surface area (Å²) < 4.78 is 21.3. The Kier molecular flexibility index (Phi) is 15.5. The molecule has 3 saturated carbocycles. The number of carbonyl (C=O) groups excluding carboxylic acids is 2. The van der Waals surface area contributed by atoms with Gasteiger partial charge in [-0.1, -0.05) is 122 Å². The molecule has 4 N–H and O–H groups in total. The van der Waals surface area contributed by atoms with E-state index in [4.69, 9.17) is 5.11 Å². The van der Waals surface area contributed by atoms with Gasteiger partial charge in [0, 0.05) is 16.7 Å². The molecule has 0 radical (unpaired) electrons. The second-order valence-electron chi connectivity index (χ2n) is 15.8. The number of ether oxygens (including phenoxy) is 1. The van der Waals surface area contributed by atoms with Gasteiger partial charge in [0.25, 0.3) is 0 Å². The highest BCUT2D eigenvalue weighted by molar-refractivity contribution is 6.01. The van der Waals surface area contributed by atoms with E-state index in [2.05, 4.69) is 11.7 Å². The molecule has 0 unspecified atom stereocenters.